The molecule has 0 spiro atoms. The van der Waals surface area contributed by atoms with Crippen LogP contribution in [0.15, 0.2) is 11.6 Å². The van der Waals surface area contributed by atoms with E-state index in [0.29, 0.717) is 35.5 Å². The van der Waals surface area contributed by atoms with Crippen molar-refractivity contribution in [3.05, 3.63) is 33.9 Å². The molecule has 1 aromatic rings. The predicted octanol–water partition coefficient (Wildman–Crippen LogP) is 4.40. The van der Waals surface area contributed by atoms with Crippen LogP contribution in [0.4, 0.5) is 0 Å². The fourth-order valence-corrected chi connectivity index (χ4v) is 3.47. The number of aldehydes is 1. The molecule has 5 nitrogen and oxygen atoms in total. The molecule has 1 unspecified atom stereocenters. The SMILES string of the molecule is CC/C(C=O)=C\Cc1c(OC)c(C)c2c(c1OC(C)[Si](C)(C)C)C(=O)OC2. The van der Waals surface area contributed by atoms with E-state index in [1.54, 1.807) is 7.11 Å². The second-order valence-electron chi connectivity index (χ2n) is 7.98. The average molecular weight is 391 g/mol. The van der Waals surface area contributed by atoms with Crippen molar-refractivity contribution in [1.29, 1.82) is 0 Å². The summed E-state index contributed by atoms with van der Waals surface area (Å²) in [5.41, 5.74) is 3.73. The zero-order valence-corrected chi connectivity index (χ0v) is 18.4. The van der Waals surface area contributed by atoms with Crippen LogP contribution in [-0.2, 0) is 22.6 Å². The van der Waals surface area contributed by atoms with Crippen molar-refractivity contribution in [3.8, 4) is 11.5 Å². The average Bonchev–Trinajstić information content (AvgIpc) is 3.00. The minimum Gasteiger partial charge on any atom is -0.496 e. The third kappa shape index (κ3) is 4.26. The standard InChI is InChI=1S/C21H30O5Si/c1-8-15(11-22)9-10-16-19(24-4)13(2)17-12-25-21(23)18(17)20(16)26-14(3)27(5,6)7/h9,11,14H,8,10,12H2,1-7H3/b15-9+. The fourth-order valence-electron chi connectivity index (χ4n) is 3.00. The van der Waals surface area contributed by atoms with E-state index in [-0.39, 0.29) is 18.3 Å². The summed E-state index contributed by atoms with van der Waals surface area (Å²) >= 11 is 0. The van der Waals surface area contributed by atoms with Crippen LogP contribution in [0.1, 0.15) is 47.3 Å². The molecule has 27 heavy (non-hydrogen) atoms. The molecular formula is C21H30O5Si. The summed E-state index contributed by atoms with van der Waals surface area (Å²) in [6, 6.07) is 0. The van der Waals surface area contributed by atoms with Gasteiger partial charge in [-0.1, -0.05) is 32.6 Å². The molecule has 0 fully saturated rings. The molecule has 0 radical (unpaired) electrons. The summed E-state index contributed by atoms with van der Waals surface area (Å²) in [5.74, 6) is 0.884. The number of allylic oxidation sites excluding steroid dienone is 2. The second-order valence-corrected chi connectivity index (χ2v) is 13.5. The van der Waals surface area contributed by atoms with E-state index in [0.717, 1.165) is 23.0 Å². The van der Waals surface area contributed by atoms with Crippen LogP contribution in [0.25, 0.3) is 0 Å². The molecule has 1 atom stereocenters. The first kappa shape index (κ1) is 21.2. The van der Waals surface area contributed by atoms with Gasteiger partial charge >= 0.3 is 5.97 Å². The van der Waals surface area contributed by atoms with E-state index < -0.39 is 8.07 Å². The Hall–Kier alpha value is -2.08. The molecule has 1 aromatic carbocycles. The van der Waals surface area contributed by atoms with Gasteiger partial charge in [0.2, 0.25) is 0 Å². The predicted molar refractivity (Wildman–Crippen MR) is 108 cm³/mol. The molecule has 0 amide bonds. The highest BCUT2D eigenvalue weighted by Crippen LogP contribution is 2.43. The lowest BCUT2D eigenvalue weighted by Crippen LogP contribution is -2.40. The van der Waals surface area contributed by atoms with Gasteiger partial charge in [-0.3, -0.25) is 4.79 Å². The smallest absolute Gasteiger partial charge is 0.342 e. The highest BCUT2D eigenvalue weighted by molar-refractivity contribution is 6.77. The summed E-state index contributed by atoms with van der Waals surface area (Å²) in [7, 11) is 0.00935. The summed E-state index contributed by atoms with van der Waals surface area (Å²) in [6.45, 7) is 12.8. The number of esters is 1. The Bertz CT molecular complexity index is 774. The molecule has 148 valence electrons. The van der Waals surface area contributed by atoms with Gasteiger partial charge in [0.15, 0.2) is 0 Å². The van der Waals surface area contributed by atoms with Crippen molar-refractivity contribution in [3.63, 3.8) is 0 Å². The summed E-state index contributed by atoms with van der Waals surface area (Å²) in [6.07, 6.45) is 3.86. The van der Waals surface area contributed by atoms with Crippen LogP contribution in [0.3, 0.4) is 0 Å². The van der Waals surface area contributed by atoms with Crippen LogP contribution >= 0.6 is 0 Å². The van der Waals surface area contributed by atoms with Gasteiger partial charge in [-0.2, -0.15) is 0 Å². The first-order valence-corrected chi connectivity index (χ1v) is 12.9. The van der Waals surface area contributed by atoms with E-state index >= 15 is 0 Å². The third-order valence-electron chi connectivity index (χ3n) is 5.27. The number of rotatable bonds is 8. The van der Waals surface area contributed by atoms with Gasteiger partial charge in [0.25, 0.3) is 0 Å². The van der Waals surface area contributed by atoms with Crippen LogP contribution in [0.5, 0.6) is 11.5 Å². The van der Waals surface area contributed by atoms with Gasteiger partial charge in [-0.25, -0.2) is 4.79 Å². The molecule has 0 N–H and O–H groups in total. The zero-order valence-electron chi connectivity index (χ0n) is 17.4. The molecule has 2 rings (SSSR count). The van der Waals surface area contributed by atoms with Gasteiger partial charge in [-0.05, 0) is 37.8 Å². The van der Waals surface area contributed by atoms with Crippen LogP contribution in [0.2, 0.25) is 19.6 Å². The quantitative estimate of drug-likeness (QED) is 0.285. The maximum Gasteiger partial charge on any atom is 0.342 e. The van der Waals surface area contributed by atoms with Gasteiger partial charge in [0.05, 0.1) is 20.9 Å². The van der Waals surface area contributed by atoms with Gasteiger partial charge in [0, 0.05) is 11.1 Å². The van der Waals surface area contributed by atoms with Crippen molar-refractivity contribution in [2.45, 2.75) is 65.6 Å². The topological polar surface area (TPSA) is 61.8 Å². The number of methoxy groups -OCH3 is 1. The first-order chi connectivity index (χ1) is 12.6. The van der Waals surface area contributed by atoms with Crippen LogP contribution < -0.4 is 9.47 Å². The third-order valence-corrected chi connectivity index (χ3v) is 7.83. The Labute approximate surface area is 162 Å². The van der Waals surface area contributed by atoms with Crippen molar-refractivity contribution in [2.75, 3.05) is 7.11 Å². The molecule has 0 aliphatic carbocycles. The highest BCUT2D eigenvalue weighted by atomic mass is 28.3. The molecule has 0 saturated heterocycles. The number of cyclic esters (lactones) is 1. The molecule has 6 heteroatoms. The molecule has 1 aliphatic rings. The zero-order chi connectivity index (χ0) is 20.4. The number of benzene rings is 1. The minimum atomic E-state index is -1.61. The Kier molecular flexibility index (Phi) is 6.52. The second kappa shape index (κ2) is 8.29. The Morgan fingerprint density at radius 2 is 1.96 bits per heavy atom. The van der Waals surface area contributed by atoms with E-state index in [4.69, 9.17) is 14.2 Å². The summed E-state index contributed by atoms with van der Waals surface area (Å²) < 4.78 is 17.4. The lowest BCUT2D eigenvalue weighted by molar-refractivity contribution is -0.105. The van der Waals surface area contributed by atoms with Gasteiger partial charge < -0.3 is 14.2 Å². The van der Waals surface area contributed by atoms with E-state index in [1.807, 2.05) is 26.8 Å². The molecule has 1 aliphatic heterocycles. The normalized spacial score (nSPS) is 15.2. The molecule has 1 heterocycles. The van der Waals surface area contributed by atoms with Gasteiger partial charge in [0.1, 0.15) is 30.0 Å². The molecule has 0 aromatic heterocycles. The van der Waals surface area contributed by atoms with Crippen molar-refractivity contribution in [2.24, 2.45) is 0 Å². The lowest BCUT2D eigenvalue weighted by atomic mass is 9.94. The highest BCUT2D eigenvalue weighted by Gasteiger charge is 2.35. The van der Waals surface area contributed by atoms with Crippen molar-refractivity contribution in [1.82, 2.24) is 0 Å². The monoisotopic (exact) mass is 390 g/mol. The van der Waals surface area contributed by atoms with Gasteiger partial charge in [-0.15, -0.1) is 0 Å². The Morgan fingerprint density at radius 1 is 1.30 bits per heavy atom. The number of fused-ring (bicyclic) bond motifs is 1. The number of hydrogen-bond donors (Lipinski definition) is 0. The number of hydrogen-bond acceptors (Lipinski definition) is 5. The number of ether oxygens (including phenoxy) is 3. The number of carbonyl (C=O) groups is 2. The lowest BCUT2D eigenvalue weighted by Gasteiger charge is -2.29. The minimum absolute atomic E-state index is 0.00172. The first-order valence-electron chi connectivity index (χ1n) is 9.35. The summed E-state index contributed by atoms with van der Waals surface area (Å²) in [4.78, 5) is 23.7. The van der Waals surface area contributed by atoms with Crippen molar-refractivity contribution < 1.29 is 23.8 Å². The fraction of sp³-hybridized carbons (Fsp3) is 0.524. The maximum absolute atomic E-state index is 12.5. The summed E-state index contributed by atoms with van der Waals surface area (Å²) in [5, 5.41) is 0. The van der Waals surface area contributed by atoms with Crippen LogP contribution in [0, 0.1) is 6.92 Å². The Balaban J connectivity index is 2.69. The molecule has 0 bridgehead atoms. The van der Waals surface area contributed by atoms with E-state index in [1.165, 1.54) is 0 Å². The number of carbonyl (C=O) groups excluding carboxylic acids is 2. The largest absolute Gasteiger partial charge is 0.496 e. The maximum atomic E-state index is 12.5. The van der Waals surface area contributed by atoms with E-state index in [2.05, 4.69) is 19.6 Å². The molecular weight excluding hydrogens is 360 g/mol. The Morgan fingerprint density at radius 3 is 2.48 bits per heavy atom. The van der Waals surface area contributed by atoms with Crippen molar-refractivity contribution >= 4 is 20.3 Å². The van der Waals surface area contributed by atoms with Crippen LogP contribution in [-0.4, -0.2) is 33.2 Å². The molecule has 0 saturated carbocycles. The van der Waals surface area contributed by atoms with E-state index in [9.17, 15) is 9.59 Å².